The maximum Gasteiger partial charge on any atom is 0.339 e. The normalized spacial score (nSPS) is 16.2. The van der Waals surface area contributed by atoms with Gasteiger partial charge in [0, 0.05) is 25.8 Å². The molecule has 104 valence electrons. The highest BCUT2D eigenvalue weighted by Gasteiger charge is 2.11. The van der Waals surface area contributed by atoms with Crippen LogP contribution in [0.4, 0.5) is 5.82 Å². The SMILES string of the molecule is O=C(O)c1cccnc1NCCCN1CCOCC1. The predicted molar refractivity (Wildman–Crippen MR) is 71.6 cm³/mol. The Morgan fingerprint density at radius 2 is 2.26 bits per heavy atom. The van der Waals surface area contributed by atoms with Gasteiger partial charge >= 0.3 is 5.97 Å². The van der Waals surface area contributed by atoms with E-state index in [0.717, 1.165) is 39.3 Å². The molecule has 1 fully saturated rings. The van der Waals surface area contributed by atoms with Crippen LogP contribution in [0.2, 0.25) is 0 Å². The molecule has 6 heteroatoms. The van der Waals surface area contributed by atoms with Crippen LogP contribution in [-0.4, -0.2) is 60.4 Å². The Kier molecular flexibility index (Phi) is 5.11. The summed E-state index contributed by atoms with van der Waals surface area (Å²) in [5, 5.41) is 12.1. The number of anilines is 1. The summed E-state index contributed by atoms with van der Waals surface area (Å²) in [4.78, 5) is 17.4. The number of morpholine rings is 1. The fourth-order valence-electron chi connectivity index (χ4n) is 2.05. The van der Waals surface area contributed by atoms with Gasteiger partial charge in [0.2, 0.25) is 0 Å². The third kappa shape index (κ3) is 4.18. The fraction of sp³-hybridized carbons (Fsp3) is 0.538. The Morgan fingerprint density at radius 1 is 1.47 bits per heavy atom. The lowest BCUT2D eigenvalue weighted by Gasteiger charge is -2.26. The second-order valence-corrected chi connectivity index (χ2v) is 4.44. The predicted octanol–water partition coefficient (Wildman–Crippen LogP) is 0.914. The number of aromatic nitrogens is 1. The highest BCUT2D eigenvalue weighted by Crippen LogP contribution is 2.11. The van der Waals surface area contributed by atoms with Crippen molar-refractivity contribution in [3.63, 3.8) is 0 Å². The molecule has 1 aromatic rings. The van der Waals surface area contributed by atoms with Crippen molar-refractivity contribution in [1.82, 2.24) is 9.88 Å². The molecule has 1 aromatic heterocycles. The molecule has 1 aliphatic heterocycles. The molecule has 0 bridgehead atoms. The lowest BCUT2D eigenvalue weighted by atomic mass is 10.2. The molecule has 0 amide bonds. The molecule has 0 aromatic carbocycles. The minimum Gasteiger partial charge on any atom is -0.478 e. The summed E-state index contributed by atoms with van der Waals surface area (Å²) in [5.41, 5.74) is 0.217. The topological polar surface area (TPSA) is 74.7 Å². The summed E-state index contributed by atoms with van der Waals surface area (Å²) >= 11 is 0. The lowest BCUT2D eigenvalue weighted by Crippen LogP contribution is -2.37. The van der Waals surface area contributed by atoms with Gasteiger partial charge in [-0.15, -0.1) is 0 Å². The van der Waals surface area contributed by atoms with Gasteiger partial charge in [-0.25, -0.2) is 9.78 Å². The van der Waals surface area contributed by atoms with Crippen LogP contribution in [0.5, 0.6) is 0 Å². The molecule has 1 saturated heterocycles. The monoisotopic (exact) mass is 265 g/mol. The Bertz CT molecular complexity index is 419. The van der Waals surface area contributed by atoms with Gasteiger partial charge in [0.15, 0.2) is 0 Å². The molecule has 0 saturated carbocycles. The Balaban J connectivity index is 1.74. The van der Waals surface area contributed by atoms with Crippen LogP contribution in [0, 0.1) is 0 Å². The number of rotatable bonds is 6. The van der Waals surface area contributed by atoms with Gasteiger partial charge in [0.1, 0.15) is 11.4 Å². The van der Waals surface area contributed by atoms with Crippen molar-refractivity contribution in [2.75, 3.05) is 44.7 Å². The second kappa shape index (κ2) is 7.06. The number of aromatic carboxylic acids is 1. The summed E-state index contributed by atoms with van der Waals surface area (Å²) < 4.78 is 5.28. The first-order chi connectivity index (χ1) is 9.27. The maximum absolute atomic E-state index is 11.0. The molecule has 0 unspecified atom stereocenters. The zero-order valence-corrected chi connectivity index (χ0v) is 10.8. The maximum atomic E-state index is 11.0. The van der Waals surface area contributed by atoms with E-state index >= 15 is 0 Å². The van der Waals surface area contributed by atoms with E-state index in [2.05, 4.69) is 15.2 Å². The minimum absolute atomic E-state index is 0.217. The van der Waals surface area contributed by atoms with Gasteiger partial charge in [-0.2, -0.15) is 0 Å². The number of carboxylic acids is 1. The first-order valence-electron chi connectivity index (χ1n) is 6.49. The van der Waals surface area contributed by atoms with E-state index < -0.39 is 5.97 Å². The van der Waals surface area contributed by atoms with Crippen LogP contribution < -0.4 is 5.32 Å². The molecular formula is C13H19N3O3. The van der Waals surface area contributed by atoms with Gasteiger partial charge in [-0.05, 0) is 25.1 Å². The average Bonchev–Trinajstić information content (AvgIpc) is 2.45. The number of pyridine rings is 1. The molecule has 0 spiro atoms. The first-order valence-corrected chi connectivity index (χ1v) is 6.49. The van der Waals surface area contributed by atoms with Crippen LogP contribution in [-0.2, 0) is 4.74 Å². The third-order valence-electron chi connectivity index (χ3n) is 3.09. The standard InChI is InChI=1S/C13H19N3O3/c17-13(18)11-3-1-4-14-12(11)15-5-2-6-16-7-9-19-10-8-16/h1,3-4H,2,5-10H2,(H,14,15)(H,17,18). The van der Waals surface area contributed by atoms with Crippen LogP contribution in [0.3, 0.4) is 0 Å². The van der Waals surface area contributed by atoms with E-state index in [4.69, 9.17) is 9.84 Å². The second-order valence-electron chi connectivity index (χ2n) is 4.44. The van der Waals surface area contributed by atoms with Gasteiger partial charge in [-0.3, -0.25) is 4.90 Å². The number of hydrogen-bond acceptors (Lipinski definition) is 5. The van der Waals surface area contributed by atoms with Crippen LogP contribution in [0.25, 0.3) is 0 Å². The molecule has 2 heterocycles. The molecule has 0 aliphatic carbocycles. The van der Waals surface area contributed by atoms with Crippen LogP contribution in [0.1, 0.15) is 16.8 Å². The Morgan fingerprint density at radius 3 is 3.00 bits per heavy atom. The number of nitrogens with one attached hydrogen (secondary N) is 1. The van der Waals surface area contributed by atoms with E-state index in [9.17, 15) is 4.79 Å². The quantitative estimate of drug-likeness (QED) is 0.745. The van der Waals surface area contributed by atoms with Gasteiger partial charge < -0.3 is 15.2 Å². The van der Waals surface area contributed by atoms with Crippen molar-refractivity contribution in [3.05, 3.63) is 23.9 Å². The van der Waals surface area contributed by atoms with Crippen molar-refractivity contribution in [1.29, 1.82) is 0 Å². The van der Waals surface area contributed by atoms with Crippen LogP contribution >= 0.6 is 0 Å². The van der Waals surface area contributed by atoms with Gasteiger partial charge in [-0.1, -0.05) is 0 Å². The van der Waals surface area contributed by atoms with Gasteiger partial charge in [0.25, 0.3) is 0 Å². The molecular weight excluding hydrogens is 246 g/mol. The number of nitrogens with zero attached hydrogens (tertiary/aromatic N) is 2. The number of carbonyl (C=O) groups is 1. The molecule has 19 heavy (non-hydrogen) atoms. The van der Waals surface area contributed by atoms with E-state index in [1.54, 1.807) is 18.3 Å². The van der Waals surface area contributed by atoms with E-state index in [-0.39, 0.29) is 5.56 Å². The van der Waals surface area contributed by atoms with E-state index in [1.807, 2.05) is 0 Å². The lowest BCUT2D eigenvalue weighted by molar-refractivity contribution is 0.0378. The third-order valence-corrected chi connectivity index (χ3v) is 3.09. The van der Waals surface area contributed by atoms with Crippen molar-refractivity contribution in [2.45, 2.75) is 6.42 Å². The van der Waals surface area contributed by atoms with Crippen molar-refractivity contribution in [3.8, 4) is 0 Å². The summed E-state index contributed by atoms with van der Waals surface area (Å²) in [5.74, 6) is -0.513. The summed E-state index contributed by atoms with van der Waals surface area (Å²) in [6, 6.07) is 3.18. The average molecular weight is 265 g/mol. The zero-order valence-electron chi connectivity index (χ0n) is 10.8. The first kappa shape index (κ1) is 13.8. The number of ether oxygens (including phenoxy) is 1. The largest absolute Gasteiger partial charge is 0.478 e. The van der Waals surface area contributed by atoms with Crippen molar-refractivity contribution < 1.29 is 14.6 Å². The molecule has 6 nitrogen and oxygen atoms in total. The van der Waals surface area contributed by atoms with Crippen molar-refractivity contribution in [2.24, 2.45) is 0 Å². The van der Waals surface area contributed by atoms with Crippen LogP contribution in [0.15, 0.2) is 18.3 Å². The summed E-state index contributed by atoms with van der Waals surface area (Å²) in [6.45, 7) is 5.27. The Labute approximate surface area is 112 Å². The smallest absolute Gasteiger partial charge is 0.339 e. The number of carboxylic acid groups (broad SMARTS) is 1. The highest BCUT2D eigenvalue weighted by atomic mass is 16.5. The molecule has 2 N–H and O–H groups in total. The number of hydrogen-bond donors (Lipinski definition) is 2. The minimum atomic E-state index is -0.955. The molecule has 0 radical (unpaired) electrons. The van der Waals surface area contributed by atoms with E-state index in [1.165, 1.54) is 0 Å². The molecule has 2 rings (SSSR count). The zero-order chi connectivity index (χ0) is 13.5. The van der Waals surface area contributed by atoms with Crippen molar-refractivity contribution >= 4 is 11.8 Å². The summed E-state index contributed by atoms with van der Waals surface area (Å²) in [7, 11) is 0. The van der Waals surface area contributed by atoms with Gasteiger partial charge in [0.05, 0.1) is 13.2 Å². The summed E-state index contributed by atoms with van der Waals surface area (Å²) in [6.07, 6.45) is 2.55. The molecule has 0 atom stereocenters. The Hall–Kier alpha value is -1.66. The molecule has 1 aliphatic rings. The fourth-order valence-corrected chi connectivity index (χ4v) is 2.05. The highest BCUT2D eigenvalue weighted by molar-refractivity contribution is 5.92. The van der Waals surface area contributed by atoms with E-state index in [0.29, 0.717) is 12.4 Å².